The van der Waals surface area contributed by atoms with Gasteiger partial charge in [-0.3, -0.25) is 9.59 Å². The van der Waals surface area contributed by atoms with Crippen LogP contribution in [0.2, 0.25) is 0 Å². The molecular formula is C20H23F3N4O3. The van der Waals surface area contributed by atoms with Gasteiger partial charge in [0.2, 0.25) is 5.91 Å². The summed E-state index contributed by atoms with van der Waals surface area (Å²) in [5.41, 5.74) is 1.11. The number of hydrogen-bond donors (Lipinski definition) is 2. The Labute approximate surface area is 172 Å². The number of nitrogens with zero attached hydrogens (tertiary/aromatic N) is 2. The van der Waals surface area contributed by atoms with E-state index in [2.05, 4.69) is 25.3 Å². The molecule has 7 nitrogen and oxygen atoms in total. The molecule has 2 aromatic rings. The number of anilines is 1. The van der Waals surface area contributed by atoms with Crippen LogP contribution >= 0.6 is 0 Å². The van der Waals surface area contributed by atoms with Crippen molar-refractivity contribution in [3.05, 3.63) is 47.4 Å². The molecule has 0 spiro atoms. The Morgan fingerprint density at radius 2 is 1.87 bits per heavy atom. The standard InChI is InChI=1S/C20H23F3N4O3/c1-11(2)18(28)27-17-8-14(5-6-24-17)13(4)26-19(29)15-7-12(3)16(9-25-15)30-10-20(21,22)23/h5-9,11,13H,10H2,1-4H3,(H,26,29)(H,24,27,28). The number of halogens is 3. The molecule has 2 rings (SSSR count). The van der Waals surface area contributed by atoms with Crippen molar-refractivity contribution in [1.29, 1.82) is 0 Å². The fraction of sp³-hybridized carbons (Fsp3) is 0.400. The van der Waals surface area contributed by atoms with Gasteiger partial charge >= 0.3 is 6.18 Å². The maximum Gasteiger partial charge on any atom is 0.422 e. The highest BCUT2D eigenvalue weighted by Crippen LogP contribution is 2.22. The molecule has 30 heavy (non-hydrogen) atoms. The van der Waals surface area contributed by atoms with Crippen LogP contribution < -0.4 is 15.4 Å². The number of amides is 2. The highest BCUT2D eigenvalue weighted by atomic mass is 19.4. The molecule has 2 heterocycles. The summed E-state index contributed by atoms with van der Waals surface area (Å²) < 4.78 is 41.5. The van der Waals surface area contributed by atoms with Gasteiger partial charge in [0.1, 0.15) is 17.3 Å². The smallest absolute Gasteiger partial charge is 0.422 e. The molecule has 0 aliphatic heterocycles. The maximum atomic E-state index is 12.5. The van der Waals surface area contributed by atoms with Crippen molar-refractivity contribution < 1.29 is 27.5 Å². The zero-order valence-corrected chi connectivity index (χ0v) is 17.0. The summed E-state index contributed by atoms with van der Waals surface area (Å²) in [6.07, 6.45) is -1.86. The molecule has 0 radical (unpaired) electrons. The number of pyridine rings is 2. The monoisotopic (exact) mass is 424 g/mol. The molecule has 0 aliphatic rings. The van der Waals surface area contributed by atoms with E-state index in [1.165, 1.54) is 19.2 Å². The lowest BCUT2D eigenvalue weighted by Gasteiger charge is -2.16. The SMILES string of the molecule is Cc1cc(C(=O)NC(C)c2ccnc(NC(=O)C(C)C)c2)ncc1OCC(F)(F)F. The van der Waals surface area contributed by atoms with E-state index in [0.29, 0.717) is 16.9 Å². The molecule has 0 bridgehead atoms. The number of alkyl halides is 3. The van der Waals surface area contributed by atoms with E-state index in [4.69, 9.17) is 0 Å². The highest BCUT2D eigenvalue weighted by Gasteiger charge is 2.28. The number of rotatable bonds is 7. The second kappa shape index (κ2) is 9.55. The van der Waals surface area contributed by atoms with Gasteiger partial charge in [0.15, 0.2) is 6.61 Å². The summed E-state index contributed by atoms with van der Waals surface area (Å²) in [7, 11) is 0. The molecule has 1 unspecified atom stereocenters. The molecule has 0 fully saturated rings. The fourth-order valence-electron chi connectivity index (χ4n) is 2.39. The van der Waals surface area contributed by atoms with Crippen molar-refractivity contribution in [2.24, 2.45) is 5.92 Å². The van der Waals surface area contributed by atoms with E-state index >= 15 is 0 Å². The van der Waals surface area contributed by atoms with Crippen molar-refractivity contribution >= 4 is 17.6 Å². The van der Waals surface area contributed by atoms with Crippen molar-refractivity contribution in [2.75, 3.05) is 11.9 Å². The Kier molecular flexibility index (Phi) is 7.36. The van der Waals surface area contributed by atoms with E-state index in [9.17, 15) is 22.8 Å². The zero-order valence-electron chi connectivity index (χ0n) is 17.0. The Bertz CT molecular complexity index is 916. The molecule has 10 heteroatoms. The number of hydrogen-bond acceptors (Lipinski definition) is 5. The van der Waals surface area contributed by atoms with E-state index < -0.39 is 24.7 Å². The molecule has 0 saturated heterocycles. The number of aromatic nitrogens is 2. The molecule has 162 valence electrons. The molecule has 0 saturated carbocycles. The third-order valence-corrected chi connectivity index (χ3v) is 4.09. The minimum absolute atomic E-state index is 0.0427. The first-order valence-electron chi connectivity index (χ1n) is 9.20. The van der Waals surface area contributed by atoms with Gasteiger partial charge in [0.25, 0.3) is 5.91 Å². The number of carbonyl (C=O) groups excluding carboxylic acids is 2. The Balaban J connectivity index is 2.05. The van der Waals surface area contributed by atoms with Crippen LogP contribution in [0.1, 0.15) is 48.4 Å². The molecule has 2 aromatic heterocycles. The van der Waals surface area contributed by atoms with Crippen LogP contribution in [0.15, 0.2) is 30.6 Å². The van der Waals surface area contributed by atoms with Crippen molar-refractivity contribution in [1.82, 2.24) is 15.3 Å². The van der Waals surface area contributed by atoms with Gasteiger partial charge in [0, 0.05) is 12.1 Å². The van der Waals surface area contributed by atoms with E-state index in [0.717, 1.165) is 6.20 Å². The van der Waals surface area contributed by atoms with Crippen LogP contribution in [-0.4, -0.2) is 34.6 Å². The fourth-order valence-corrected chi connectivity index (χ4v) is 2.39. The van der Waals surface area contributed by atoms with Gasteiger partial charge in [-0.1, -0.05) is 13.8 Å². The van der Waals surface area contributed by atoms with Gasteiger partial charge in [-0.25, -0.2) is 9.97 Å². The van der Waals surface area contributed by atoms with Crippen LogP contribution in [-0.2, 0) is 4.79 Å². The molecule has 0 aromatic carbocycles. The lowest BCUT2D eigenvalue weighted by molar-refractivity contribution is -0.153. The average Bonchev–Trinajstić information content (AvgIpc) is 2.66. The molecule has 2 N–H and O–H groups in total. The second-order valence-corrected chi connectivity index (χ2v) is 7.05. The summed E-state index contributed by atoms with van der Waals surface area (Å²) in [6.45, 7) is 5.36. The normalized spacial score (nSPS) is 12.4. The second-order valence-electron chi connectivity index (χ2n) is 7.05. The first-order valence-corrected chi connectivity index (χ1v) is 9.20. The van der Waals surface area contributed by atoms with E-state index in [-0.39, 0.29) is 23.3 Å². The van der Waals surface area contributed by atoms with Crippen LogP contribution in [0.5, 0.6) is 5.75 Å². The number of carbonyl (C=O) groups is 2. The Morgan fingerprint density at radius 1 is 1.17 bits per heavy atom. The largest absolute Gasteiger partial charge is 0.482 e. The molecule has 1 atom stereocenters. The summed E-state index contributed by atoms with van der Waals surface area (Å²) in [5.74, 6) is -0.560. The summed E-state index contributed by atoms with van der Waals surface area (Å²) in [5, 5.41) is 5.44. The Morgan fingerprint density at radius 3 is 2.47 bits per heavy atom. The van der Waals surface area contributed by atoms with Gasteiger partial charge < -0.3 is 15.4 Å². The third kappa shape index (κ3) is 6.71. The Hall–Kier alpha value is -3.17. The minimum atomic E-state index is -4.46. The lowest BCUT2D eigenvalue weighted by atomic mass is 10.1. The highest BCUT2D eigenvalue weighted by molar-refractivity contribution is 5.93. The zero-order chi connectivity index (χ0) is 22.5. The third-order valence-electron chi connectivity index (χ3n) is 4.09. The molecule has 2 amide bonds. The van der Waals surface area contributed by atoms with Crippen LogP contribution in [0.25, 0.3) is 0 Å². The quantitative estimate of drug-likeness (QED) is 0.705. The van der Waals surface area contributed by atoms with E-state index in [1.54, 1.807) is 32.9 Å². The van der Waals surface area contributed by atoms with Crippen molar-refractivity contribution in [3.63, 3.8) is 0 Å². The van der Waals surface area contributed by atoms with Gasteiger partial charge in [-0.05, 0) is 43.2 Å². The molecular weight excluding hydrogens is 401 g/mol. The van der Waals surface area contributed by atoms with E-state index in [1.807, 2.05) is 0 Å². The van der Waals surface area contributed by atoms with Gasteiger partial charge in [-0.2, -0.15) is 13.2 Å². The average molecular weight is 424 g/mol. The van der Waals surface area contributed by atoms with Crippen LogP contribution in [0, 0.1) is 12.8 Å². The summed E-state index contributed by atoms with van der Waals surface area (Å²) in [4.78, 5) is 32.3. The summed E-state index contributed by atoms with van der Waals surface area (Å²) >= 11 is 0. The van der Waals surface area contributed by atoms with Crippen LogP contribution in [0.4, 0.5) is 19.0 Å². The number of ether oxygens (including phenoxy) is 1. The first kappa shape index (κ1) is 23.1. The molecule has 0 aliphatic carbocycles. The summed E-state index contributed by atoms with van der Waals surface area (Å²) in [6, 6.07) is 4.27. The maximum absolute atomic E-state index is 12.5. The first-order chi connectivity index (χ1) is 14.0. The number of nitrogens with one attached hydrogen (secondary N) is 2. The van der Waals surface area contributed by atoms with Crippen molar-refractivity contribution in [3.8, 4) is 5.75 Å². The van der Waals surface area contributed by atoms with Gasteiger partial charge in [-0.15, -0.1) is 0 Å². The topological polar surface area (TPSA) is 93.2 Å². The lowest BCUT2D eigenvalue weighted by Crippen LogP contribution is -2.28. The minimum Gasteiger partial charge on any atom is -0.482 e. The van der Waals surface area contributed by atoms with Gasteiger partial charge in [0.05, 0.1) is 12.2 Å². The van der Waals surface area contributed by atoms with Crippen LogP contribution in [0.3, 0.4) is 0 Å². The predicted octanol–water partition coefficient (Wildman–Crippen LogP) is 3.81. The number of aryl methyl sites for hydroxylation is 1. The van der Waals surface area contributed by atoms with Crippen molar-refractivity contribution in [2.45, 2.75) is 39.9 Å². The predicted molar refractivity (Wildman–Crippen MR) is 104 cm³/mol.